The summed E-state index contributed by atoms with van der Waals surface area (Å²) in [6.45, 7) is 0.859. The normalized spacial score (nSPS) is 10.2. The van der Waals surface area contributed by atoms with E-state index in [4.69, 9.17) is 14.6 Å². The van der Waals surface area contributed by atoms with E-state index in [9.17, 15) is 4.79 Å². The van der Waals surface area contributed by atoms with E-state index < -0.39 is 0 Å². The first-order valence-corrected chi connectivity index (χ1v) is 6.72. The van der Waals surface area contributed by atoms with Crippen LogP contribution >= 0.6 is 0 Å². The van der Waals surface area contributed by atoms with Crippen molar-refractivity contribution in [2.24, 2.45) is 0 Å². The molecule has 1 amide bonds. The van der Waals surface area contributed by atoms with E-state index in [2.05, 4.69) is 0 Å². The summed E-state index contributed by atoms with van der Waals surface area (Å²) in [5.74, 6) is 1.09. The molecule has 0 heterocycles. The van der Waals surface area contributed by atoms with Crippen LogP contribution in [0.3, 0.4) is 0 Å². The number of aliphatic hydroxyl groups excluding tert-OH is 1. The quantitative estimate of drug-likeness (QED) is 0.740. The Bertz CT molecular complexity index is 434. The zero-order valence-corrected chi connectivity index (χ0v) is 12.4. The minimum Gasteiger partial charge on any atom is -0.497 e. The van der Waals surface area contributed by atoms with Crippen LogP contribution in [0.25, 0.3) is 0 Å². The van der Waals surface area contributed by atoms with Gasteiger partial charge in [0.2, 0.25) is 0 Å². The maximum absolute atomic E-state index is 12.3. The number of benzene rings is 1. The fourth-order valence-electron chi connectivity index (χ4n) is 1.92. The molecule has 1 rings (SSSR count). The number of ether oxygens (including phenoxy) is 2. The summed E-state index contributed by atoms with van der Waals surface area (Å²) < 4.78 is 10.4. The number of hydrogen-bond donors (Lipinski definition) is 1. The van der Waals surface area contributed by atoms with Crippen molar-refractivity contribution in [2.45, 2.75) is 19.3 Å². The number of hydrogen-bond acceptors (Lipinski definition) is 4. The maximum Gasteiger partial charge on any atom is 0.257 e. The van der Waals surface area contributed by atoms with Gasteiger partial charge in [0.05, 0.1) is 19.8 Å². The summed E-state index contributed by atoms with van der Waals surface area (Å²) in [6.07, 6.45) is 2.56. The highest BCUT2D eigenvalue weighted by Gasteiger charge is 2.16. The molecule has 0 fully saturated rings. The summed E-state index contributed by atoms with van der Waals surface area (Å²) in [5.41, 5.74) is 0.526. The van der Waals surface area contributed by atoms with E-state index in [0.29, 0.717) is 23.6 Å². The lowest BCUT2D eigenvalue weighted by molar-refractivity contribution is 0.0788. The van der Waals surface area contributed by atoms with Crippen molar-refractivity contribution in [2.75, 3.05) is 34.4 Å². The molecule has 0 unspecified atom stereocenters. The van der Waals surface area contributed by atoms with Crippen LogP contribution in [0.2, 0.25) is 0 Å². The summed E-state index contributed by atoms with van der Waals surface area (Å²) >= 11 is 0. The second kappa shape index (κ2) is 8.43. The van der Waals surface area contributed by atoms with Crippen molar-refractivity contribution in [3.63, 3.8) is 0 Å². The lowest BCUT2D eigenvalue weighted by Gasteiger charge is -2.19. The van der Waals surface area contributed by atoms with Gasteiger partial charge in [-0.05, 0) is 31.4 Å². The fraction of sp³-hybridized carbons (Fsp3) is 0.533. The van der Waals surface area contributed by atoms with E-state index in [1.165, 1.54) is 7.11 Å². The van der Waals surface area contributed by atoms with Gasteiger partial charge in [0.25, 0.3) is 5.91 Å². The number of methoxy groups -OCH3 is 2. The number of unbranched alkanes of at least 4 members (excludes halogenated alkanes) is 2. The molecular weight excluding hydrogens is 258 g/mol. The topological polar surface area (TPSA) is 59.0 Å². The number of amides is 1. The molecule has 0 aliphatic rings. The van der Waals surface area contributed by atoms with Gasteiger partial charge in [0.1, 0.15) is 11.5 Å². The van der Waals surface area contributed by atoms with Gasteiger partial charge < -0.3 is 19.5 Å². The van der Waals surface area contributed by atoms with Gasteiger partial charge in [-0.25, -0.2) is 0 Å². The second-order valence-electron chi connectivity index (χ2n) is 4.58. The largest absolute Gasteiger partial charge is 0.497 e. The van der Waals surface area contributed by atoms with Gasteiger partial charge in [-0.15, -0.1) is 0 Å². The van der Waals surface area contributed by atoms with Gasteiger partial charge in [-0.1, -0.05) is 0 Å². The maximum atomic E-state index is 12.3. The first-order valence-electron chi connectivity index (χ1n) is 6.72. The summed E-state index contributed by atoms with van der Waals surface area (Å²) in [5, 5.41) is 8.73. The second-order valence-corrected chi connectivity index (χ2v) is 4.58. The molecule has 112 valence electrons. The molecule has 0 aromatic heterocycles. The van der Waals surface area contributed by atoms with Gasteiger partial charge >= 0.3 is 0 Å². The molecule has 1 aromatic rings. The Balaban J connectivity index is 2.70. The zero-order chi connectivity index (χ0) is 15.0. The van der Waals surface area contributed by atoms with Crippen LogP contribution in [0.4, 0.5) is 0 Å². The van der Waals surface area contributed by atoms with Crippen molar-refractivity contribution in [3.8, 4) is 11.5 Å². The zero-order valence-electron chi connectivity index (χ0n) is 12.4. The number of rotatable bonds is 8. The molecule has 0 bridgehead atoms. The Kier molecular flexibility index (Phi) is 6.87. The molecule has 0 radical (unpaired) electrons. The summed E-state index contributed by atoms with van der Waals surface area (Å²) in [6, 6.07) is 5.16. The van der Waals surface area contributed by atoms with Gasteiger partial charge in [-0.3, -0.25) is 4.79 Å². The number of carbonyl (C=O) groups is 1. The smallest absolute Gasteiger partial charge is 0.257 e. The van der Waals surface area contributed by atoms with Crippen LogP contribution in [0.15, 0.2) is 18.2 Å². The Labute approximate surface area is 120 Å². The summed E-state index contributed by atoms with van der Waals surface area (Å²) in [4.78, 5) is 14.0. The van der Waals surface area contributed by atoms with Gasteiger partial charge in [0, 0.05) is 26.3 Å². The highest BCUT2D eigenvalue weighted by molar-refractivity contribution is 5.97. The molecule has 0 aliphatic carbocycles. The number of aliphatic hydroxyl groups is 1. The standard InChI is InChI=1S/C15H23NO4/c1-16(9-5-4-6-10-17)15(18)13-8-7-12(19-2)11-14(13)20-3/h7-8,11,17H,4-6,9-10H2,1-3H3. The Hall–Kier alpha value is -1.75. The summed E-state index contributed by atoms with van der Waals surface area (Å²) in [7, 11) is 4.88. The lowest BCUT2D eigenvalue weighted by Crippen LogP contribution is -2.28. The van der Waals surface area contributed by atoms with E-state index in [-0.39, 0.29) is 12.5 Å². The molecule has 0 saturated carbocycles. The molecule has 1 aromatic carbocycles. The Morgan fingerprint density at radius 3 is 2.55 bits per heavy atom. The fourth-order valence-corrected chi connectivity index (χ4v) is 1.92. The van der Waals surface area contributed by atoms with Gasteiger partial charge in [-0.2, -0.15) is 0 Å². The number of carbonyl (C=O) groups excluding carboxylic acids is 1. The minimum atomic E-state index is -0.0755. The van der Waals surface area contributed by atoms with Crippen molar-refractivity contribution >= 4 is 5.91 Å². The monoisotopic (exact) mass is 281 g/mol. The van der Waals surface area contributed by atoms with Crippen LogP contribution < -0.4 is 9.47 Å². The average Bonchev–Trinajstić information content (AvgIpc) is 2.49. The molecule has 5 nitrogen and oxygen atoms in total. The van der Waals surface area contributed by atoms with Crippen LogP contribution in [0.5, 0.6) is 11.5 Å². The molecule has 0 spiro atoms. The van der Waals surface area contributed by atoms with E-state index >= 15 is 0 Å². The molecule has 5 heteroatoms. The minimum absolute atomic E-state index is 0.0755. The molecule has 0 aliphatic heterocycles. The van der Waals surface area contributed by atoms with E-state index in [0.717, 1.165) is 19.3 Å². The third-order valence-corrected chi connectivity index (χ3v) is 3.14. The van der Waals surface area contributed by atoms with Crippen molar-refractivity contribution < 1.29 is 19.4 Å². The molecule has 0 saturated heterocycles. The molecule has 1 N–H and O–H groups in total. The molecular formula is C15H23NO4. The van der Waals surface area contributed by atoms with Crippen molar-refractivity contribution in [1.29, 1.82) is 0 Å². The highest BCUT2D eigenvalue weighted by Crippen LogP contribution is 2.25. The lowest BCUT2D eigenvalue weighted by atomic mass is 10.1. The Morgan fingerprint density at radius 2 is 1.95 bits per heavy atom. The first-order chi connectivity index (χ1) is 9.63. The molecule has 0 atom stereocenters. The average molecular weight is 281 g/mol. The van der Waals surface area contributed by atoms with Crippen LogP contribution in [0.1, 0.15) is 29.6 Å². The third-order valence-electron chi connectivity index (χ3n) is 3.14. The van der Waals surface area contributed by atoms with Crippen LogP contribution in [-0.2, 0) is 0 Å². The highest BCUT2D eigenvalue weighted by atomic mass is 16.5. The van der Waals surface area contributed by atoms with Crippen molar-refractivity contribution in [1.82, 2.24) is 4.90 Å². The van der Waals surface area contributed by atoms with Crippen LogP contribution in [0, 0.1) is 0 Å². The van der Waals surface area contributed by atoms with Crippen LogP contribution in [-0.4, -0.2) is 50.3 Å². The van der Waals surface area contributed by atoms with Crippen molar-refractivity contribution in [3.05, 3.63) is 23.8 Å². The third kappa shape index (κ3) is 4.42. The number of nitrogens with zero attached hydrogens (tertiary/aromatic N) is 1. The predicted octanol–water partition coefficient (Wildman–Crippen LogP) is 1.94. The predicted molar refractivity (Wildman–Crippen MR) is 77.4 cm³/mol. The van der Waals surface area contributed by atoms with E-state index in [1.54, 1.807) is 37.3 Å². The van der Waals surface area contributed by atoms with E-state index in [1.807, 2.05) is 0 Å². The SMILES string of the molecule is COc1ccc(C(=O)N(C)CCCCCO)c(OC)c1. The first kappa shape index (κ1) is 16.3. The molecule has 20 heavy (non-hydrogen) atoms. The Morgan fingerprint density at radius 1 is 1.20 bits per heavy atom. The van der Waals surface area contributed by atoms with Gasteiger partial charge in [0.15, 0.2) is 0 Å².